The van der Waals surface area contributed by atoms with Crippen molar-refractivity contribution in [2.75, 3.05) is 27.2 Å². The number of carbonyl (C=O) groups excluding carboxylic acids is 1. The maximum Gasteiger partial charge on any atom is 0.259 e. The number of benzene rings is 1. The first-order valence-electron chi connectivity index (χ1n) is 7.95. The van der Waals surface area contributed by atoms with Crippen LogP contribution in [0.3, 0.4) is 0 Å². The molecule has 1 aromatic rings. The van der Waals surface area contributed by atoms with Gasteiger partial charge in [-0.3, -0.25) is 10.2 Å². The molecule has 1 rings (SSSR count). The Morgan fingerprint density at radius 2 is 1.96 bits per heavy atom. The Hall–Kier alpha value is -2.15. The summed E-state index contributed by atoms with van der Waals surface area (Å²) < 4.78 is 5.44. The molecule has 0 spiro atoms. The number of amides is 1. The lowest BCUT2D eigenvalue weighted by molar-refractivity contribution is -0.130. The minimum Gasteiger partial charge on any atom is -0.484 e. The van der Waals surface area contributed by atoms with Crippen LogP contribution in [-0.4, -0.2) is 48.9 Å². The fourth-order valence-electron chi connectivity index (χ4n) is 1.68. The fourth-order valence-corrected chi connectivity index (χ4v) is 1.83. The first-order valence-corrected chi connectivity index (χ1v) is 8.36. The second-order valence-electron chi connectivity index (χ2n) is 5.52. The Labute approximate surface area is 149 Å². The molecule has 0 aliphatic rings. The number of hydrogen-bond donors (Lipinski definition) is 2. The third-order valence-electron chi connectivity index (χ3n) is 3.27. The standard InChI is InChI=1S/C17H26N4O2S/c1-5-6-11-18-17(24)20-19-13(2)14-7-9-15(10-8-14)23-12-16(22)21(3)4/h7-10H,5-6,11-12H2,1-4H3,(H2,18,20,24)/b19-13-. The summed E-state index contributed by atoms with van der Waals surface area (Å²) in [6, 6.07) is 7.41. The van der Waals surface area contributed by atoms with Crippen LogP contribution >= 0.6 is 12.2 Å². The Morgan fingerprint density at radius 1 is 1.29 bits per heavy atom. The van der Waals surface area contributed by atoms with Crippen LogP contribution in [0.2, 0.25) is 0 Å². The second kappa shape index (κ2) is 10.6. The summed E-state index contributed by atoms with van der Waals surface area (Å²) in [5.74, 6) is 0.566. The number of nitrogens with zero attached hydrogens (tertiary/aromatic N) is 2. The van der Waals surface area contributed by atoms with Crippen LogP contribution in [0.1, 0.15) is 32.3 Å². The summed E-state index contributed by atoms with van der Waals surface area (Å²) in [6.45, 7) is 4.89. The molecule has 0 bridgehead atoms. The highest BCUT2D eigenvalue weighted by atomic mass is 32.1. The molecule has 0 heterocycles. The fraction of sp³-hybridized carbons (Fsp3) is 0.471. The second-order valence-corrected chi connectivity index (χ2v) is 5.93. The quantitative estimate of drug-likeness (QED) is 0.325. The van der Waals surface area contributed by atoms with E-state index in [4.69, 9.17) is 17.0 Å². The lowest BCUT2D eigenvalue weighted by Gasteiger charge is -2.11. The number of hydrazone groups is 1. The minimum atomic E-state index is -0.0786. The summed E-state index contributed by atoms with van der Waals surface area (Å²) in [6.07, 6.45) is 2.19. The molecule has 0 aliphatic heterocycles. The highest BCUT2D eigenvalue weighted by Gasteiger charge is 2.05. The molecular formula is C17H26N4O2S. The Kier molecular flexibility index (Phi) is 8.78. The molecule has 0 saturated carbocycles. The van der Waals surface area contributed by atoms with Gasteiger partial charge in [0, 0.05) is 20.6 Å². The normalized spacial score (nSPS) is 10.9. The summed E-state index contributed by atoms with van der Waals surface area (Å²) in [5.41, 5.74) is 4.59. The van der Waals surface area contributed by atoms with Gasteiger partial charge in [0.2, 0.25) is 0 Å². The molecule has 0 radical (unpaired) electrons. The van der Waals surface area contributed by atoms with E-state index in [2.05, 4.69) is 22.8 Å². The zero-order valence-corrected chi connectivity index (χ0v) is 15.6. The first kappa shape index (κ1) is 19.9. The summed E-state index contributed by atoms with van der Waals surface area (Å²) in [4.78, 5) is 13.0. The van der Waals surface area contributed by atoms with E-state index in [9.17, 15) is 4.79 Å². The van der Waals surface area contributed by atoms with Gasteiger partial charge >= 0.3 is 0 Å². The molecule has 0 unspecified atom stereocenters. The summed E-state index contributed by atoms with van der Waals surface area (Å²) >= 11 is 5.15. The smallest absolute Gasteiger partial charge is 0.259 e. The molecule has 0 saturated heterocycles. The number of likely N-dealkylation sites (N-methyl/N-ethyl adjacent to an activating group) is 1. The first-order chi connectivity index (χ1) is 11.4. The third kappa shape index (κ3) is 7.41. The van der Waals surface area contributed by atoms with Gasteiger partial charge in [0.05, 0.1) is 5.71 Å². The van der Waals surface area contributed by atoms with Crippen LogP contribution in [0, 0.1) is 0 Å². The van der Waals surface area contributed by atoms with E-state index in [-0.39, 0.29) is 12.5 Å². The third-order valence-corrected chi connectivity index (χ3v) is 3.51. The van der Waals surface area contributed by atoms with Gasteiger partial charge in [-0.05, 0) is 55.4 Å². The van der Waals surface area contributed by atoms with Crippen molar-refractivity contribution >= 4 is 28.9 Å². The summed E-state index contributed by atoms with van der Waals surface area (Å²) in [7, 11) is 3.40. The molecule has 24 heavy (non-hydrogen) atoms. The van der Waals surface area contributed by atoms with E-state index >= 15 is 0 Å². The molecule has 132 valence electrons. The maximum atomic E-state index is 11.5. The SMILES string of the molecule is CCCCNC(=S)N/N=C(/C)c1ccc(OCC(=O)N(C)C)cc1. The van der Waals surface area contributed by atoms with Gasteiger partial charge in [-0.1, -0.05) is 13.3 Å². The maximum absolute atomic E-state index is 11.5. The van der Waals surface area contributed by atoms with E-state index < -0.39 is 0 Å². The van der Waals surface area contributed by atoms with Gasteiger partial charge in [-0.2, -0.15) is 5.10 Å². The molecule has 1 amide bonds. The highest BCUT2D eigenvalue weighted by Crippen LogP contribution is 2.12. The molecule has 0 atom stereocenters. The van der Waals surface area contributed by atoms with Gasteiger partial charge in [-0.25, -0.2) is 0 Å². The molecule has 0 aliphatic carbocycles. The van der Waals surface area contributed by atoms with Crippen molar-refractivity contribution in [2.45, 2.75) is 26.7 Å². The van der Waals surface area contributed by atoms with Gasteiger partial charge in [0.1, 0.15) is 5.75 Å². The largest absolute Gasteiger partial charge is 0.484 e. The number of rotatable bonds is 8. The molecule has 7 heteroatoms. The molecular weight excluding hydrogens is 324 g/mol. The van der Waals surface area contributed by atoms with Crippen molar-refractivity contribution in [2.24, 2.45) is 5.10 Å². The van der Waals surface area contributed by atoms with E-state index in [1.54, 1.807) is 14.1 Å². The van der Waals surface area contributed by atoms with Gasteiger partial charge in [0.15, 0.2) is 11.7 Å². The molecule has 1 aromatic carbocycles. The molecule has 6 nitrogen and oxygen atoms in total. The predicted molar refractivity (Wildman–Crippen MR) is 101 cm³/mol. The van der Waals surface area contributed by atoms with Crippen LogP contribution in [0.15, 0.2) is 29.4 Å². The predicted octanol–water partition coefficient (Wildman–Crippen LogP) is 2.14. The van der Waals surface area contributed by atoms with Crippen molar-refractivity contribution in [1.82, 2.24) is 15.6 Å². The van der Waals surface area contributed by atoms with E-state index in [1.165, 1.54) is 4.90 Å². The number of unbranched alkanes of at least 4 members (excludes halogenated alkanes) is 1. The number of carbonyl (C=O) groups is 1. The van der Waals surface area contributed by atoms with Crippen molar-refractivity contribution in [3.8, 4) is 5.75 Å². The van der Waals surface area contributed by atoms with Crippen molar-refractivity contribution < 1.29 is 9.53 Å². The van der Waals surface area contributed by atoms with Crippen molar-refractivity contribution in [3.05, 3.63) is 29.8 Å². The van der Waals surface area contributed by atoms with E-state index in [0.29, 0.717) is 10.9 Å². The Morgan fingerprint density at radius 3 is 2.54 bits per heavy atom. The lowest BCUT2D eigenvalue weighted by atomic mass is 10.1. The zero-order valence-electron chi connectivity index (χ0n) is 14.8. The van der Waals surface area contributed by atoms with Crippen LogP contribution in [0.5, 0.6) is 5.75 Å². The Bertz CT molecular complexity index is 570. The van der Waals surface area contributed by atoms with Gasteiger partial charge in [0.25, 0.3) is 5.91 Å². The topological polar surface area (TPSA) is 66.0 Å². The summed E-state index contributed by atoms with van der Waals surface area (Å²) in [5, 5.41) is 7.87. The number of thiocarbonyl (C=S) groups is 1. The van der Waals surface area contributed by atoms with E-state index in [1.807, 2.05) is 31.2 Å². The lowest BCUT2D eigenvalue weighted by Crippen LogP contribution is -2.33. The van der Waals surface area contributed by atoms with Gasteiger partial charge < -0.3 is 15.0 Å². The van der Waals surface area contributed by atoms with E-state index in [0.717, 1.165) is 30.7 Å². The zero-order chi connectivity index (χ0) is 17.9. The average molecular weight is 350 g/mol. The van der Waals surface area contributed by atoms with Crippen molar-refractivity contribution in [1.29, 1.82) is 0 Å². The number of hydrogen-bond acceptors (Lipinski definition) is 4. The van der Waals surface area contributed by atoms with Crippen LogP contribution in [0.4, 0.5) is 0 Å². The van der Waals surface area contributed by atoms with Gasteiger partial charge in [-0.15, -0.1) is 0 Å². The van der Waals surface area contributed by atoms with Crippen molar-refractivity contribution in [3.63, 3.8) is 0 Å². The molecule has 0 aromatic heterocycles. The number of ether oxygens (including phenoxy) is 1. The minimum absolute atomic E-state index is 0.0265. The van der Waals surface area contributed by atoms with Crippen LogP contribution in [0.25, 0.3) is 0 Å². The average Bonchev–Trinajstić information content (AvgIpc) is 2.58. The molecule has 0 fully saturated rings. The molecule has 2 N–H and O–H groups in total. The highest BCUT2D eigenvalue weighted by molar-refractivity contribution is 7.80. The van der Waals surface area contributed by atoms with Crippen LogP contribution in [-0.2, 0) is 4.79 Å². The Balaban J connectivity index is 2.50. The number of nitrogens with one attached hydrogen (secondary N) is 2. The monoisotopic (exact) mass is 350 g/mol. The van der Waals surface area contributed by atoms with Crippen LogP contribution < -0.4 is 15.5 Å².